The highest BCUT2D eigenvalue weighted by Gasteiger charge is 2.29. The van der Waals surface area contributed by atoms with Crippen LogP contribution in [0.25, 0.3) is 10.9 Å². The molecule has 106 valence electrons. The normalized spacial score (nSPS) is 16.1. The Morgan fingerprint density at radius 1 is 1.55 bits per heavy atom. The van der Waals surface area contributed by atoms with Crippen molar-refractivity contribution in [2.24, 2.45) is 5.92 Å². The van der Waals surface area contributed by atoms with Gasteiger partial charge < -0.3 is 15.7 Å². The predicted octanol–water partition coefficient (Wildman–Crippen LogP) is 2.11. The van der Waals surface area contributed by atoms with Crippen molar-refractivity contribution >= 4 is 34.2 Å². The van der Waals surface area contributed by atoms with Gasteiger partial charge >= 0.3 is 6.03 Å². The van der Waals surface area contributed by atoms with Gasteiger partial charge in [0.15, 0.2) is 0 Å². The molecule has 0 saturated heterocycles. The quantitative estimate of drug-likeness (QED) is 0.696. The second-order valence-corrected chi connectivity index (χ2v) is 5.40. The third-order valence-electron chi connectivity index (χ3n) is 3.45. The van der Waals surface area contributed by atoms with E-state index in [-0.39, 0.29) is 12.6 Å². The zero-order valence-corrected chi connectivity index (χ0v) is 11.4. The number of carbonyl (C=O) groups is 1. The molecule has 1 saturated carbocycles. The minimum Gasteiger partial charge on any atom is -0.391 e. The summed E-state index contributed by atoms with van der Waals surface area (Å²) in [5, 5.41) is 23.1. The highest BCUT2D eigenvalue weighted by Crippen LogP contribution is 2.32. The number of H-pyrrole nitrogens is 1. The highest BCUT2D eigenvalue weighted by molar-refractivity contribution is 6.35. The number of hydrogen-bond acceptors (Lipinski definition) is 3. The van der Waals surface area contributed by atoms with E-state index in [1.165, 1.54) is 0 Å². The maximum atomic E-state index is 11.8. The summed E-state index contributed by atoms with van der Waals surface area (Å²) in [7, 11) is 0. The van der Waals surface area contributed by atoms with E-state index < -0.39 is 6.10 Å². The van der Waals surface area contributed by atoms with Crippen LogP contribution >= 0.6 is 11.6 Å². The van der Waals surface area contributed by atoms with Crippen LogP contribution in [0.4, 0.5) is 10.5 Å². The molecule has 0 spiro atoms. The van der Waals surface area contributed by atoms with E-state index in [0.29, 0.717) is 22.1 Å². The van der Waals surface area contributed by atoms with Gasteiger partial charge in [0.25, 0.3) is 0 Å². The van der Waals surface area contributed by atoms with Gasteiger partial charge in [-0.2, -0.15) is 5.10 Å². The molecule has 6 nitrogen and oxygen atoms in total. The van der Waals surface area contributed by atoms with Gasteiger partial charge in [-0.3, -0.25) is 5.10 Å². The number of aliphatic hydroxyl groups excluding tert-OH is 1. The second kappa shape index (κ2) is 5.30. The molecule has 3 rings (SSSR count). The summed E-state index contributed by atoms with van der Waals surface area (Å²) in [4.78, 5) is 11.8. The van der Waals surface area contributed by atoms with Gasteiger partial charge in [0.2, 0.25) is 0 Å². The van der Waals surface area contributed by atoms with Crippen LogP contribution in [-0.2, 0) is 0 Å². The van der Waals surface area contributed by atoms with Crippen molar-refractivity contribution in [3.63, 3.8) is 0 Å². The summed E-state index contributed by atoms with van der Waals surface area (Å²) in [6.45, 7) is 0.260. The second-order valence-electron chi connectivity index (χ2n) is 4.99. The lowest BCUT2D eigenvalue weighted by Crippen LogP contribution is -2.36. The van der Waals surface area contributed by atoms with Crippen molar-refractivity contribution < 1.29 is 9.90 Å². The molecule has 1 aliphatic rings. The fraction of sp³-hybridized carbons (Fsp3) is 0.385. The topological polar surface area (TPSA) is 90.0 Å². The van der Waals surface area contributed by atoms with Crippen LogP contribution in [0.1, 0.15) is 12.8 Å². The van der Waals surface area contributed by atoms with Gasteiger partial charge in [0.05, 0.1) is 28.5 Å². The van der Waals surface area contributed by atoms with E-state index in [9.17, 15) is 9.90 Å². The molecule has 1 unspecified atom stereocenters. The summed E-state index contributed by atoms with van der Waals surface area (Å²) < 4.78 is 0. The number of benzene rings is 1. The monoisotopic (exact) mass is 294 g/mol. The van der Waals surface area contributed by atoms with Crippen molar-refractivity contribution in [2.75, 3.05) is 11.9 Å². The summed E-state index contributed by atoms with van der Waals surface area (Å²) in [6.07, 6.45) is 3.22. The van der Waals surface area contributed by atoms with E-state index in [1.807, 2.05) is 0 Å². The lowest BCUT2D eigenvalue weighted by Gasteiger charge is -2.12. The Morgan fingerprint density at radius 3 is 3.10 bits per heavy atom. The molecule has 4 N–H and O–H groups in total. The number of fused-ring (bicyclic) bond motifs is 1. The number of aliphatic hydroxyl groups is 1. The van der Waals surface area contributed by atoms with Crippen LogP contribution in [-0.4, -0.2) is 34.0 Å². The number of rotatable bonds is 4. The number of urea groups is 1. The Kier molecular flexibility index (Phi) is 3.50. The molecule has 1 fully saturated rings. The lowest BCUT2D eigenvalue weighted by atomic mass is 10.2. The maximum Gasteiger partial charge on any atom is 0.319 e. The first kappa shape index (κ1) is 13.2. The van der Waals surface area contributed by atoms with Gasteiger partial charge in [-0.1, -0.05) is 11.6 Å². The molecule has 1 heterocycles. The molecular formula is C13H15ClN4O2. The van der Waals surface area contributed by atoms with Crippen LogP contribution in [0, 0.1) is 5.92 Å². The maximum absolute atomic E-state index is 11.8. The molecule has 1 atom stereocenters. The van der Waals surface area contributed by atoms with Gasteiger partial charge in [0.1, 0.15) is 0 Å². The molecule has 2 amide bonds. The third-order valence-corrected chi connectivity index (χ3v) is 3.78. The molecule has 0 aliphatic heterocycles. The molecule has 2 aromatic rings. The van der Waals surface area contributed by atoms with Crippen molar-refractivity contribution in [3.8, 4) is 0 Å². The predicted molar refractivity (Wildman–Crippen MR) is 76.9 cm³/mol. The SMILES string of the molecule is O=C(NCC(O)C1CC1)Nc1ccc(Cl)c2cn[nH]c12. The summed E-state index contributed by atoms with van der Waals surface area (Å²) in [5.41, 5.74) is 1.27. The van der Waals surface area contributed by atoms with Gasteiger partial charge in [0, 0.05) is 11.9 Å². The minimum atomic E-state index is -0.460. The molecule has 1 aromatic carbocycles. The molecular weight excluding hydrogens is 280 g/mol. The van der Waals surface area contributed by atoms with E-state index in [2.05, 4.69) is 20.8 Å². The Labute approximate surface area is 120 Å². The van der Waals surface area contributed by atoms with Gasteiger partial charge in [-0.25, -0.2) is 4.79 Å². The minimum absolute atomic E-state index is 0.260. The molecule has 7 heteroatoms. The zero-order chi connectivity index (χ0) is 14.1. The smallest absolute Gasteiger partial charge is 0.319 e. The molecule has 1 aromatic heterocycles. The fourth-order valence-electron chi connectivity index (χ4n) is 2.12. The van der Waals surface area contributed by atoms with Crippen LogP contribution in [0.5, 0.6) is 0 Å². The zero-order valence-electron chi connectivity index (χ0n) is 10.7. The first-order chi connectivity index (χ1) is 9.65. The Morgan fingerprint density at radius 2 is 2.35 bits per heavy atom. The Balaban J connectivity index is 1.65. The first-order valence-electron chi connectivity index (χ1n) is 6.49. The molecule has 20 heavy (non-hydrogen) atoms. The number of aromatic nitrogens is 2. The van der Waals surface area contributed by atoms with Crippen LogP contribution < -0.4 is 10.6 Å². The van der Waals surface area contributed by atoms with Gasteiger partial charge in [-0.15, -0.1) is 0 Å². The number of carbonyl (C=O) groups excluding carboxylic acids is 1. The van der Waals surface area contributed by atoms with Crippen molar-refractivity contribution in [1.29, 1.82) is 0 Å². The van der Waals surface area contributed by atoms with E-state index in [0.717, 1.165) is 18.2 Å². The molecule has 0 bridgehead atoms. The van der Waals surface area contributed by atoms with E-state index in [1.54, 1.807) is 18.3 Å². The fourth-order valence-corrected chi connectivity index (χ4v) is 2.32. The van der Waals surface area contributed by atoms with Gasteiger partial charge in [-0.05, 0) is 30.9 Å². The number of halogens is 1. The van der Waals surface area contributed by atoms with Crippen molar-refractivity contribution in [1.82, 2.24) is 15.5 Å². The Hall–Kier alpha value is -1.79. The number of aromatic amines is 1. The number of anilines is 1. The number of amides is 2. The van der Waals surface area contributed by atoms with E-state index in [4.69, 9.17) is 11.6 Å². The largest absolute Gasteiger partial charge is 0.391 e. The Bertz CT molecular complexity index is 638. The third kappa shape index (κ3) is 2.71. The summed E-state index contributed by atoms with van der Waals surface area (Å²) in [5.74, 6) is 0.338. The number of hydrogen-bond donors (Lipinski definition) is 4. The van der Waals surface area contributed by atoms with Crippen molar-refractivity contribution in [2.45, 2.75) is 18.9 Å². The number of nitrogens with zero attached hydrogens (tertiary/aromatic N) is 1. The highest BCUT2D eigenvalue weighted by atomic mass is 35.5. The van der Waals surface area contributed by atoms with Crippen LogP contribution in [0.2, 0.25) is 5.02 Å². The van der Waals surface area contributed by atoms with Crippen LogP contribution in [0.15, 0.2) is 18.3 Å². The average Bonchev–Trinajstić information content (AvgIpc) is 3.16. The molecule has 1 aliphatic carbocycles. The summed E-state index contributed by atoms with van der Waals surface area (Å²) >= 11 is 6.03. The standard InChI is InChI=1S/C13H15ClN4O2/c14-9-3-4-10(12-8(9)5-16-18-12)17-13(20)15-6-11(19)7-1-2-7/h3-5,7,11,19H,1-2,6H2,(H,16,18)(H2,15,17,20). The van der Waals surface area contributed by atoms with E-state index >= 15 is 0 Å². The lowest BCUT2D eigenvalue weighted by molar-refractivity contribution is 0.150. The summed E-state index contributed by atoms with van der Waals surface area (Å²) in [6, 6.07) is 3.05. The average molecular weight is 295 g/mol. The first-order valence-corrected chi connectivity index (χ1v) is 6.87. The number of nitrogens with one attached hydrogen (secondary N) is 3. The van der Waals surface area contributed by atoms with Crippen molar-refractivity contribution in [3.05, 3.63) is 23.4 Å². The molecule has 0 radical (unpaired) electrons. The van der Waals surface area contributed by atoms with Crippen LogP contribution in [0.3, 0.4) is 0 Å².